The minimum Gasteiger partial charge on any atom is -0.461 e. The number of fused-ring (bicyclic) bond motifs is 5. The molecule has 0 radical (unpaired) electrons. The highest BCUT2D eigenvalue weighted by Gasteiger charge is 2.45. The zero-order valence-electron chi connectivity index (χ0n) is 18.5. The van der Waals surface area contributed by atoms with E-state index in [1.54, 1.807) is 17.6 Å². The van der Waals surface area contributed by atoms with Gasteiger partial charge in [-0.1, -0.05) is 32.0 Å². The van der Waals surface area contributed by atoms with Crippen LogP contribution < -0.4 is 5.56 Å². The normalized spacial score (nSPS) is 18.5. The van der Waals surface area contributed by atoms with E-state index in [2.05, 4.69) is 0 Å². The molecule has 3 aromatic rings. The second-order valence-electron chi connectivity index (χ2n) is 8.50. The fourth-order valence-electron chi connectivity index (χ4n) is 4.62. The molecule has 5 rings (SSSR count). The third kappa shape index (κ3) is 3.24. The zero-order valence-corrected chi connectivity index (χ0v) is 18.5. The molecule has 170 valence electrons. The number of carbonyl (C=O) groups is 2. The Balaban J connectivity index is 1.64. The van der Waals surface area contributed by atoms with Crippen LogP contribution in [0.25, 0.3) is 22.3 Å². The van der Waals surface area contributed by atoms with Crippen molar-refractivity contribution in [2.45, 2.75) is 58.5 Å². The predicted molar refractivity (Wildman–Crippen MR) is 119 cm³/mol. The lowest BCUT2D eigenvalue weighted by molar-refractivity contribution is -0.172. The van der Waals surface area contributed by atoms with E-state index in [1.807, 2.05) is 31.2 Å². The minimum absolute atomic E-state index is 0.0903. The van der Waals surface area contributed by atoms with Gasteiger partial charge in [-0.15, -0.1) is 0 Å². The molecule has 0 saturated carbocycles. The molecule has 8 heteroatoms. The van der Waals surface area contributed by atoms with Crippen LogP contribution >= 0.6 is 0 Å². The summed E-state index contributed by atoms with van der Waals surface area (Å²) in [5, 5.41) is 11.9. The van der Waals surface area contributed by atoms with Gasteiger partial charge in [0, 0.05) is 28.5 Å². The molecule has 8 nitrogen and oxygen atoms in total. The monoisotopic (exact) mass is 448 g/mol. The van der Waals surface area contributed by atoms with Gasteiger partial charge in [-0.25, -0.2) is 9.78 Å². The molecule has 1 unspecified atom stereocenters. The van der Waals surface area contributed by atoms with Gasteiger partial charge in [0.1, 0.15) is 13.2 Å². The van der Waals surface area contributed by atoms with E-state index in [0.717, 1.165) is 16.5 Å². The number of hydrogen-bond donors (Lipinski definition) is 1. The van der Waals surface area contributed by atoms with E-state index >= 15 is 0 Å². The molecule has 1 N–H and O–H groups in total. The van der Waals surface area contributed by atoms with E-state index < -0.39 is 11.6 Å². The molecular weight excluding hydrogens is 424 g/mol. The van der Waals surface area contributed by atoms with E-state index in [1.165, 1.54) is 0 Å². The van der Waals surface area contributed by atoms with Crippen LogP contribution in [0, 0.1) is 0 Å². The summed E-state index contributed by atoms with van der Waals surface area (Å²) in [6.07, 6.45) is 1.17. The van der Waals surface area contributed by atoms with E-state index in [-0.39, 0.29) is 36.7 Å². The molecule has 4 heterocycles. The fourth-order valence-corrected chi connectivity index (χ4v) is 4.62. The SMILES string of the molecule is CCCC(=O)OCc1cccc2cc3c(nc12)-c1cc2c(c(=O)n1C3)COC(=O)C2(O)CC. The molecule has 0 amide bonds. The van der Waals surface area contributed by atoms with Crippen LogP contribution in [0.5, 0.6) is 0 Å². The Morgan fingerprint density at radius 2 is 2.09 bits per heavy atom. The molecule has 33 heavy (non-hydrogen) atoms. The van der Waals surface area contributed by atoms with Crippen LogP contribution in [0.1, 0.15) is 55.4 Å². The lowest BCUT2D eigenvalue weighted by atomic mass is 9.86. The number of cyclic esters (lactones) is 1. The molecule has 0 spiro atoms. The first-order valence-corrected chi connectivity index (χ1v) is 11.1. The number of hydrogen-bond acceptors (Lipinski definition) is 7. The molecular formula is C25H24N2O6. The van der Waals surface area contributed by atoms with Gasteiger partial charge in [0.05, 0.1) is 29.0 Å². The minimum atomic E-state index is -1.86. The summed E-state index contributed by atoms with van der Waals surface area (Å²) in [5.41, 5.74) is 1.92. The number of carbonyl (C=O) groups excluding carboxylic acids is 2. The number of ether oxygens (including phenoxy) is 2. The molecule has 0 aliphatic carbocycles. The molecule has 0 bridgehead atoms. The van der Waals surface area contributed by atoms with Crippen LogP contribution in [0.2, 0.25) is 0 Å². The molecule has 2 aromatic heterocycles. The van der Waals surface area contributed by atoms with Gasteiger partial charge in [-0.05, 0) is 25.0 Å². The van der Waals surface area contributed by atoms with Crippen LogP contribution in [0.3, 0.4) is 0 Å². The average molecular weight is 448 g/mol. The molecule has 0 fully saturated rings. The highest BCUT2D eigenvalue weighted by atomic mass is 16.6. The quantitative estimate of drug-likeness (QED) is 0.468. The van der Waals surface area contributed by atoms with Crippen molar-refractivity contribution in [1.29, 1.82) is 0 Å². The van der Waals surface area contributed by atoms with Gasteiger partial charge < -0.3 is 19.1 Å². The van der Waals surface area contributed by atoms with Crippen LogP contribution in [0.15, 0.2) is 35.1 Å². The van der Waals surface area contributed by atoms with Gasteiger partial charge in [0.25, 0.3) is 5.56 Å². The van der Waals surface area contributed by atoms with Crippen molar-refractivity contribution >= 4 is 22.8 Å². The maximum Gasteiger partial charge on any atom is 0.343 e. The first-order chi connectivity index (χ1) is 15.9. The third-order valence-electron chi connectivity index (χ3n) is 6.46. The van der Waals surface area contributed by atoms with E-state index in [0.29, 0.717) is 41.9 Å². The van der Waals surface area contributed by atoms with Crippen molar-refractivity contribution in [1.82, 2.24) is 9.55 Å². The van der Waals surface area contributed by atoms with Gasteiger partial charge in [-0.3, -0.25) is 9.59 Å². The summed E-state index contributed by atoms with van der Waals surface area (Å²) >= 11 is 0. The smallest absolute Gasteiger partial charge is 0.343 e. The molecule has 2 aliphatic heterocycles. The molecule has 1 aromatic carbocycles. The molecule has 0 saturated heterocycles. The second-order valence-corrected chi connectivity index (χ2v) is 8.50. The summed E-state index contributed by atoms with van der Waals surface area (Å²) in [6.45, 7) is 3.89. The summed E-state index contributed by atoms with van der Waals surface area (Å²) in [7, 11) is 0. The second kappa shape index (κ2) is 7.81. The standard InChI is InChI=1S/C25H24N2O6/c1-3-6-20(28)32-12-15-8-5-7-14-9-16-11-27-19(22(16)26-21(14)15)10-18-17(23(27)29)13-33-24(30)25(18,31)4-2/h5,7-10,31H,3-4,6,11-13H2,1-2H3. The topological polar surface area (TPSA) is 108 Å². The molecule has 2 aliphatic rings. The lowest BCUT2D eigenvalue weighted by Gasteiger charge is -2.31. The Morgan fingerprint density at radius 1 is 1.27 bits per heavy atom. The Labute approximate surface area is 189 Å². The summed E-state index contributed by atoms with van der Waals surface area (Å²) < 4.78 is 12.1. The van der Waals surface area contributed by atoms with Gasteiger partial charge >= 0.3 is 11.9 Å². The first kappa shape index (κ1) is 21.3. The number of benzene rings is 1. The van der Waals surface area contributed by atoms with Crippen LogP contribution in [-0.2, 0) is 44.4 Å². The average Bonchev–Trinajstić information content (AvgIpc) is 3.17. The third-order valence-corrected chi connectivity index (χ3v) is 6.46. The maximum absolute atomic E-state index is 13.3. The highest BCUT2D eigenvalue weighted by molar-refractivity contribution is 5.88. The summed E-state index contributed by atoms with van der Waals surface area (Å²) in [6, 6.07) is 9.35. The van der Waals surface area contributed by atoms with E-state index in [9.17, 15) is 19.5 Å². The number of pyridine rings is 2. The number of aliphatic hydroxyl groups is 1. The Morgan fingerprint density at radius 3 is 2.85 bits per heavy atom. The van der Waals surface area contributed by atoms with Gasteiger partial charge in [0.2, 0.25) is 0 Å². The van der Waals surface area contributed by atoms with E-state index in [4.69, 9.17) is 14.5 Å². The van der Waals surface area contributed by atoms with Gasteiger partial charge in [-0.2, -0.15) is 0 Å². The van der Waals surface area contributed by atoms with Gasteiger partial charge in [0.15, 0.2) is 5.60 Å². The Bertz CT molecular complexity index is 1380. The number of rotatable bonds is 5. The van der Waals surface area contributed by atoms with Crippen molar-refractivity contribution in [2.24, 2.45) is 0 Å². The summed E-state index contributed by atoms with van der Waals surface area (Å²) in [4.78, 5) is 42.3. The van der Waals surface area contributed by atoms with Crippen LogP contribution in [-0.4, -0.2) is 26.6 Å². The number of nitrogens with zero attached hydrogens (tertiary/aromatic N) is 2. The van der Waals surface area contributed by atoms with Crippen molar-refractivity contribution in [3.05, 3.63) is 62.9 Å². The van der Waals surface area contributed by atoms with Crippen LogP contribution in [0.4, 0.5) is 0 Å². The first-order valence-electron chi connectivity index (χ1n) is 11.1. The van der Waals surface area contributed by atoms with Crippen molar-refractivity contribution < 1.29 is 24.2 Å². The van der Waals surface area contributed by atoms with Crippen molar-refractivity contribution in [3.8, 4) is 11.4 Å². The fraction of sp³-hybridized carbons (Fsp3) is 0.360. The van der Waals surface area contributed by atoms with Crippen molar-refractivity contribution in [3.63, 3.8) is 0 Å². The zero-order chi connectivity index (χ0) is 23.3. The largest absolute Gasteiger partial charge is 0.461 e. The van der Waals surface area contributed by atoms with Crippen molar-refractivity contribution in [2.75, 3.05) is 0 Å². The number of para-hydroxylation sites is 1. The highest BCUT2D eigenvalue weighted by Crippen LogP contribution is 2.38. The Kier molecular flexibility index (Phi) is 5.05. The summed E-state index contributed by atoms with van der Waals surface area (Å²) in [5.74, 6) is -1.01. The maximum atomic E-state index is 13.3. The number of esters is 2. The predicted octanol–water partition coefficient (Wildman–Crippen LogP) is 2.92. The molecule has 1 atom stereocenters. The lowest BCUT2D eigenvalue weighted by Crippen LogP contribution is -2.44. The number of aromatic nitrogens is 2. The Hall–Kier alpha value is -3.52.